The number of ether oxygens (including phenoxy) is 4. The van der Waals surface area contributed by atoms with Crippen molar-refractivity contribution in [2.75, 3.05) is 27.4 Å². The Morgan fingerprint density at radius 3 is 2.33 bits per heavy atom. The Hall–Kier alpha value is -4.12. The van der Waals surface area contributed by atoms with Gasteiger partial charge >= 0.3 is 5.97 Å². The summed E-state index contributed by atoms with van der Waals surface area (Å²) >= 11 is 0. The largest absolute Gasteiger partial charge is 0.494 e. The highest BCUT2D eigenvalue weighted by Gasteiger charge is 2.38. The minimum Gasteiger partial charge on any atom is -0.494 e. The molecule has 1 heterocycles. The number of nitrogens with zero attached hydrogens (tertiary/aromatic N) is 1. The molecule has 49 heavy (non-hydrogen) atoms. The number of amides is 1. The highest BCUT2D eigenvalue weighted by Crippen LogP contribution is 2.38. The van der Waals surface area contributed by atoms with Crippen LogP contribution in [0.15, 0.2) is 54.6 Å². The van der Waals surface area contributed by atoms with Crippen LogP contribution in [0.4, 0.5) is 0 Å². The number of rotatable bonds is 17. The summed E-state index contributed by atoms with van der Waals surface area (Å²) in [6.45, 7) is 4.32. The molecule has 0 radical (unpaired) electrons. The molecule has 1 aliphatic heterocycles. The summed E-state index contributed by atoms with van der Waals surface area (Å²) in [7, 11) is 3.02. The molecule has 1 saturated heterocycles. The molecular formula is C39H51NO9. The Morgan fingerprint density at radius 2 is 1.65 bits per heavy atom. The van der Waals surface area contributed by atoms with Crippen LogP contribution in [0.5, 0.6) is 17.2 Å². The third-order valence-electron chi connectivity index (χ3n) is 9.18. The van der Waals surface area contributed by atoms with E-state index in [4.69, 9.17) is 18.9 Å². The first-order valence-corrected chi connectivity index (χ1v) is 17.2. The fraction of sp³-hybridized carbons (Fsp3) is 0.487. The average Bonchev–Trinajstić information content (AvgIpc) is 3.15. The van der Waals surface area contributed by atoms with Crippen LogP contribution in [-0.4, -0.2) is 65.5 Å². The fourth-order valence-corrected chi connectivity index (χ4v) is 6.55. The van der Waals surface area contributed by atoms with E-state index < -0.39 is 24.0 Å². The van der Waals surface area contributed by atoms with Crippen molar-refractivity contribution in [2.45, 2.75) is 96.7 Å². The Kier molecular flexibility index (Phi) is 14.3. The monoisotopic (exact) mass is 677 g/mol. The summed E-state index contributed by atoms with van der Waals surface area (Å²) in [5, 5.41) is 29.5. The quantitative estimate of drug-likeness (QED) is 0.152. The summed E-state index contributed by atoms with van der Waals surface area (Å²) < 4.78 is 23.2. The minimum absolute atomic E-state index is 0.162. The zero-order valence-corrected chi connectivity index (χ0v) is 29.2. The Bertz CT molecular complexity index is 1520. The summed E-state index contributed by atoms with van der Waals surface area (Å²) in [5.74, 6) is 0.338. The molecule has 3 atom stereocenters. The molecule has 3 aromatic carbocycles. The highest BCUT2D eigenvalue weighted by atomic mass is 16.5. The van der Waals surface area contributed by atoms with Gasteiger partial charge in [-0.2, -0.15) is 0 Å². The van der Waals surface area contributed by atoms with E-state index in [0.29, 0.717) is 78.3 Å². The van der Waals surface area contributed by atoms with E-state index in [1.54, 1.807) is 23.1 Å². The molecule has 1 aliphatic rings. The molecular weight excluding hydrogens is 626 g/mol. The maximum atomic E-state index is 14.3. The highest BCUT2D eigenvalue weighted by molar-refractivity contribution is 5.89. The molecule has 4 rings (SSSR count). The van der Waals surface area contributed by atoms with Gasteiger partial charge in [0, 0.05) is 12.1 Å². The van der Waals surface area contributed by atoms with Crippen LogP contribution >= 0.6 is 0 Å². The summed E-state index contributed by atoms with van der Waals surface area (Å²) in [6, 6.07) is 15.9. The van der Waals surface area contributed by atoms with E-state index >= 15 is 0 Å². The van der Waals surface area contributed by atoms with Gasteiger partial charge in [0.15, 0.2) is 11.5 Å². The lowest BCUT2D eigenvalue weighted by Gasteiger charge is -2.37. The van der Waals surface area contributed by atoms with Gasteiger partial charge in [-0.3, -0.25) is 4.79 Å². The molecule has 3 aromatic rings. The number of piperidine rings is 1. The molecule has 0 spiro atoms. The molecule has 10 heteroatoms. The molecule has 1 amide bonds. The van der Waals surface area contributed by atoms with Crippen molar-refractivity contribution in [3.8, 4) is 17.2 Å². The second-order valence-electron chi connectivity index (χ2n) is 12.4. The number of carbonyl (C=O) groups excluding carboxylic acids is 2. The predicted molar refractivity (Wildman–Crippen MR) is 186 cm³/mol. The molecule has 1 fully saturated rings. The normalized spacial score (nSPS) is 15.7. The molecule has 0 bridgehead atoms. The van der Waals surface area contributed by atoms with E-state index in [1.807, 2.05) is 50.2 Å². The van der Waals surface area contributed by atoms with Gasteiger partial charge in [0.2, 0.25) is 5.91 Å². The van der Waals surface area contributed by atoms with Gasteiger partial charge in [-0.1, -0.05) is 44.2 Å². The number of benzene rings is 3. The van der Waals surface area contributed by atoms with Crippen LogP contribution in [-0.2, 0) is 40.6 Å². The van der Waals surface area contributed by atoms with Crippen LogP contribution in [0.25, 0.3) is 0 Å². The van der Waals surface area contributed by atoms with Gasteiger partial charge in [-0.15, -0.1) is 0 Å². The van der Waals surface area contributed by atoms with E-state index in [1.165, 1.54) is 14.2 Å². The fourth-order valence-electron chi connectivity index (χ4n) is 6.55. The third-order valence-corrected chi connectivity index (χ3v) is 9.18. The van der Waals surface area contributed by atoms with Crippen molar-refractivity contribution < 1.29 is 43.9 Å². The molecule has 3 unspecified atom stereocenters. The summed E-state index contributed by atoms with van der Waals surface area (Å²) in [5.41, 5.74) is 4.26. The van der Waals surface area contributed by atoms with Crippen molar-refractivity contribution in [3.63, 3.8) is 0 Å². The first-order chi connectivity index (χ1) is 23.8. The van der Waals surface area contributed by atoms with E-state index in [0.717, 1.165) is 30.4 Å². The second-order valence-corrected chi connectivity index (χ2v) is 12.4. The van der Waals surface area contributed by atoms with Crippen LogP contribution in [0.1, 0.15) is 97.8 Å². The molecule has 3 N–H and O–H groups in total. The van der Waals surface area contributed by atoms with Gasteiger partial charge in [-0.25, -0.2) is 4.79 Å². The van der Waals surface area contributed by atoms with Gasteiger partial charge < -0.3 is 39.2 Å². The van der Waals surface area contributed by atoms with Gasteiger partial charge in [0.25, 0.3) is 0 Å². The average molecular weight is 678 g/mol. The standard InChI is InChI=1S/C39H51NO9/c1-5-18-48-32-11-9-10-27(21-32)35(16-14-26-13-15-28(23-41)30(19-26)24-42)49-39(45)34-12-7-8-17-40(34)38(44)33(6-2)29-20-31(25-43)37(47-4)36(22-29)46-3/h9-11,13,15,19-22,33-35,41-43H,5-8,12,14,16-18,23-25H2,1-4H3. The topological polar surface area (TPSA) is 135 Å². The van der Waals surface area contributed by atoms with Crippen molar-refractivity contribution in [1.29, 1.82) is 0 Å². The molecule has 10 nitrogen and oxygen atoms in total. The summed E-state index contributed by atoms with van der Waals surface area (Å²) in [4.78, 5) is 30.0. The minimum atomic E-state index is -0.750. The van der Waals surface area contributed by atoms with Gasteiger partial charge in [0.05, 0.1) is 46.6 Å². The number of likely N-dealkylation sites (tertiary alicyclic amines) is 1. The molecule has 266 valence electrons. The maximum Gasteiger partial charge on any atom is 0.329 e. The number of aliphatic hydroxyl groups excluding tert-OH is 3. The molecule has 0 aromatic heterocycles. The predicted octanol–water partition coefficient (Wildman–Crippen LogP) is 5.76. The van der Waals surface area contributed by atoms with Gasteiger partial charge in [-0.05, 0) is 97.0 Å². The van der Waals surface area contributed by atoms with Crippen molar-refractivity contribution >= 4 is 11.9 Å². The lowest BCUT2D eigenvalue weighted by atomic mass is 9.90. The maximum absolute atomic E-state index is 14.3. The number of aryl methyl sites for hydroxylation is 1. The van der Waals surface area contributed by atoms with Crippen LogP contribution in [0.3, 0.4) is 0 Å². The van der Waals surface area contributed by atoms with Gasteiger partial charge in [0.1, 0.15) is 17.9 Å². The van der Waals surface area contributed by atoms with Crippen molar-refractivity contribution in [1.82, 2.24) is 4.90 Å². The zero-order chi connectivity index (χ0) is 35.3. The van der Waals surface area contributed by atoms with Crippen molar-refractivity contribution in [3.05, 3.63) is 88.0 Å². The number of methoxy groups -OCH3 is 2. The van der Waals surface area contributed by atoms with Crippen molar-refractivity contribution in [2.24, 2.45) is 0 Å². The van der Waals surface area contributed by atoms with Crippen LogP contribution in [0.2, 0.25) is 0 Å². The molecule has 0 aliphatic carbocycles. The van der Waals surface area contributed by atoms with E-state index in [-0.39, 0.29) is 25.7 Å². The summed E-state index contributed by atoms with van der Waals surface area (Å²) in [6.07, 6.45) is 3.78. The Balaban J connectivity index is 1.61. The third kappa shape index (κ3) is 9.32. The number of hydrogen-bond donors (Lipinski definition) is 3. The first kappa shape index (κ1) is 37.7. The van der Waals surface area contributed by atoms with E-state index in [9.17, 15) is 24.9 Å². The Morgan fingerprint density at radius 1 is 0.878 bits per heavy atom. The van der Waals surface area contributed by atoms with E-state index in [2.05, 4.69) is 0 Å². The first-order valence-electron chi connectivity index (χ1n) is 17.2. The lowest BCUT2D eigenvalue weighted by molar-refractivity contribution is -0.162. The Labute approximate surface area is 289 Å². The lowest BCUT2D eigenvalue weighted by Crippen LogP contribution is -2.50. The number of esters is 1. The number of hydrogen-bond acceptors (Lipinski definition) is 9. The van der Waals surface area contributed by atoms with Crippen LogP contribution < -0.4 is 14.2 Å². The SMILES string of the molecule is CCCOc1cccc(C(CCc2ccc(CO)c(CO)c2)OC(=O)C2CCCCN2C(=O)C(CC)c2cc(CO)c(OC)c(OC)c2)c1. The number of carbonyl (C=O) groups is 2. The van der Waals surface area contributed by atoms with Crippen LogP contribution in [0, 0.1) is 0 Å². The molecule has 0 saturated carbocycles. The number of aliphatic hydroxyl groups is 3. The zero-order valence-electron chi connectivity index (χ0n) is 29.2. The second kappa shape index (κ2) is 18.6. The smallest absolute Gasteiger partial charge is 0.329 e.